The Morgan fingerprint density at radius 3 is 2.34 bits per heavy atom. The van der Waals surface area contributed by atoms with Crippen LogP contribution in [0.1, 0.15) is 21.6 Å². The summed E-state index contributed by atoms with van der Waals surface area (Å²) in [7, 11) is 0. The smallest absolute Gasteiger partial charge is 0.343 e. The minimum atomic E-state index is -0.690. The van der Waals surface area contributed by atoms with E-state index in [2.05, 4.69) is 5.10 Å². The number of anilines is 1. The molecule has 1 aromatic heterocycles. The van der Waals surface area contributed by atoms with E-state index in [0.717, 1.165) is 11.3 Å². The highest BCUT2D eigenvalue weighted by molar-refractivity contribution is 6.32. The molecule has 2 heterocycles. The highest BCUT2D eigenvalue weighted by Gasteiger charge is 2.25. The number of nitro groups is 1. The molecule has 0 unspecified atom stereocenters. The number of esters is 1. The minimum absolute atomic E-state index is 0.0327. The summed E-state index contributed by atoms with van der Waals surface area (Å²) >= 11 is 6.40. The average Bonchev–Trinajstić information content (AvgIpc) is 3.15. The van der Waals surface area contributed by atoms with Crippen LogP contribution in [0.25, 0.3) is 0 Å². The number of ether oxygens (including phenoxy) is 1. The topological polar surface area (TPSA) is 111 Å². The van der Waals surface area contributed by atoms with Crippen LogP contribution in [0.2, 0.25) is 5.15 Å². The van der Waals surface area contributed by atoms with E-state index < -0.39 is 17.5 Å². The van der Waals surface area contributed by atoms with E-state index in [1.54, 1.807) is 24.0 Å². The van der Waals surface area contributed by atoms with Gasteiger partial charge in [-0.15, -0.1) is 0 Å². The van der Waals surface area contributed by atoms with Crippen LogP contribution in [0, 0.1) is 17.0 Å². The lowest BCUT2D eigenvalue weighted by molar-refractivity contribution is -0.384. The van der Waals surface area contributed by atoms with E-state index in [-0.39, 0.29) is 22.3 Å². The molecule has 0 saturated carbocycles. The predicted octanol–water partition coefficient (Wildman–Crippen LogP) is 3.31. The first-order valence-electron chi connectivity index (χ1n) is 11.0. The number of hydrogen-bond donors (Lipinski definition) is 0. The Bertz CT molecular complexity index is 1220. The van der Waals surface area contributed by atoms with Crippen molar-refractivity contribution >= 4 is 34.9 Å². The number of nitrogens with zero attached hydrogens (tertiary/aromatic N) is 5. The van der Waals surface area contributed by atoms with Gasteiger partial charge in [0.15, 0.2) is 6.61 Å². The Morgan fingerprint density at radius 2 is 1.71 bits per heavy atom. The fourth-order valence-electron chi connectivity index (χ4n) is 3.94. The third kappa shape index (κ3) is 5.60. The van der Waals surface area contributed by atoms with E-state index in [4.69, 9.17) is 16.3 Å². The number of carbonyl (C=O) groups is 2. The van der Waals surface area contributed by atoms with Crippen LogP contribution in [-0.4, -0.2) is 64.3 Å². The molecule has 4 rings (SSSR count). The Labute approximate surface area is 206 Å². The third-order valence-electron chi connectivity index (χ3n) is 5.83. The second-order valence-corrected chi connectivity index (χ2v) is 8.47. The van der Waals surface area contributed by atoms with E-state index in [1.165, 1.54) is 16.8 Å². The van der Waals surface area contributed by atoms with E-state index in [1.807, 2.05) is 35.2 Å². The van der Waals surface area contributed by atoms with Gasteiger partial charge < -0.3 is 14.5 Å². The molecule has 0 aliphatic carbocycles. The Kier molecular flexibility index (Phi) is 7.31. The molecular formula is C24H24ClN5O5. The zero-order chi connectivity index (χ0) is 24.9. The Balaban J connectivity index is 1.30. The fourth-order valence-corrected chi connectivity index (χ4v) is 4.25. The fraction of sp³-hybridized carbons (Fsp3) is 0.292. The van der Waals surface area contributed by atoms with Crippen molar-refractivity contribution in [3.8, 4) is 0 Å². The quantitative estimate of drug-likeness (QED) is 0.280. The van der Waals surface area contributed by atoms with Gasteiger partial charge in [0.1, 0.15) is 10.7 Å². The molecule has 182 valence electrons. The molecule has 1 aliphatic heterocycles. The number of piperazine rings is 1. The van der Waals surface area contributed by atoms with Crippen LogP contribution in [-0.2, 0) is 16.1 Å². The summed E-state index contributed by atoms with van der Waals surface area (Å²) in [4.78, 5) is 39.3. The van der Waals surface area contributed by atoms with Crippen molar-refractivity contribution in [1.29, 1.82) is 0 Å². The second kappa shape index (κ2) is 10.6. The zero-order valence-corrected chi connectivity index (χ0v) is 19.8. The maximum Gasteiger partial charge on any atom is 0.343 e. The number of non-ortho nitro benzene ring substituents is 1. The van der Waals surface area contributed by atoms with Crippen molar-refractivity contribution in [2.24, 2.45) is 0 Å². The average molecular weight is 498 g/mol. The van der Waals surface area contributed by atoms with Crippen LogP contribution in [0.5, 0.6) is 0 Å². The molecule has 3 aromatic rings. The molecule has 1 aliphatic rings. The van der Waals surface area contributed by atoms with Crippen molar-refractivity contribution in [2.75, 3.05) is 37.7 Å². The maximum absolute atomic E-state index is 12.7. The van der Waals surface area contributed by atoms with E-state index in [9.17, 15) is 19.7 Å². The standard InChI is InChI=1S/C24H24ClN5O5/c1-17-22(23(25)29(26-17)15-18-5-3-2-4-6-18)24(32)35-16-21(31)28-13-11-27(12-14-28)19-7-9-20(10-8-19)30(33)34/h2-10H,11-16H2,1H3. The van der Waals surface area contributed by atoms with Gasteiger partial charge in [-0.1, -0.05) is 41.9 Å². The van der Waals surface area contributed by atoms with Crippen molar-refractivity contribution in [3.05, 3.63) is 86.7 Å². The van der Waals surface area contributed by atoms with Gasteiger partial charge in [0, 0.05) is 44.0 Å². The minimum Gasteiger partial charge on any atom is -0.452 e. The van der Waals surface area contributed by atoms with Gasteiger partial charge in [-0.05, 0) is 24.6 Å². The number of carbonyl (C=O) groups excluding carboxylic acids is 2. The van der Waals surface area contributed by atoms with Gasteiger partial charge in [-0.2, -0.15) is 5.10 Å². The SMILES string of the molecule is Cc1nn(Cc2ccccc2)c(Cl)c1C(=O)OCC(=O)N1CCN(c2ccc([N+](=O)[O-])cc2)CC1. The highest BCUT2D eigenvalue weighted by Crippen LogP contribution is 2.23. The van der Waals surface area contributed by atoms with E-state index in [0.29, 0.717) is 38.4 Å². The van der Waals surface area contributed by atoms with E-state index >= 15 is 0 Å². The van der Waals surface area contributed by atoms with Gasteiger partial charge in [-0.3, -0.25) is 14.9 Å². The third-order valence-corrected chi connectivity index (χ3v) is 6.21. The molecule has 35 heavy (non-hydrogen) atoms. The van der Waals surface area contributed by atoms with Gasteiger partial charge in [-0.25, -0.2) is 9.48 Å². The van der Waals surface area contributed by atoms with Gasteiger partial charge in [0.2, 0.25) is 0 Å². The number of amides is 1. The summed E-state index contributed by atoms with van der Waals surface area (Å²) < 4.78 is 6.80. The summed E-state index contributed by atoms with van der Waals surface area (Å²) in [5, 5.41) is 15.3. The van der Waals surface area contributed by atoms with Crippen LogP contribution in [0.4, 0.5) is 11.4 Å². The molecule has 1 fully saturated rings. The Hall–Kier alpha value is -3.92. The molecule has 0 bridgehead atoms. The zero-order valence-electron chi connectivity index (χ0n) is 19.1. The first kappa shape index (κ1) is 24.2. The van der Waals surface area contributed by atoms with Gasteiger partial charge in [0.05, 0.1) is 17.2 Å². The maximum atomic E-state index is 12.7. The molecule has 10 nitrogen and oxygen atoms in total. The number of halogens is 1. The van der Waals surface area contributed by atoms with Crippen LogP contribution in [0.15, 0.2) is 54.6 Å². The lowest BCUT2D eigenvalue weighted by Crippen LogP contribution is -2.49. The summed E-state index contributed by atoms with van der Waals surface area (Å²) in [6.45, 7) is 3.71. The summed E-state index contributed by atoms with van der Waals surface area (Å²) in [5.74, 6) is -0.989. The molecule has 11 heteroatoms. The second-order valence-electron chi connectivity index (χ2n) is 8.11. The molecule has 0 spiro atoms. The summed E-state index contributed by atoms with van der Waals surface area (Å²) in [6, 6.07) is 15.9. The highest BCUT2D eigenvalue weighted by atomic mass is 35.5. The normalized spacial score (nSPS) is 13.5. The number of hydrogen-bond acceptors (Lipinski definition) is 7. The first-order chi connectivity index (χ1) is 16.8. The molecule has 0 radical (unpaired) electrons. The number of benzene rings is 2. The largest absolute Gasteiger partial charge is 0.452 e. The molecule has 1 saturated heterocycles. The monoisotopic (exact) mass is 497 g/mol. The molecular weight excluding hydrogens is 474 g/mol. The number of rotatable bonds is 7. The van der Waals surface area contributed by atoms with Crippen LogP contribution < -0.4 is 4.90 Å². The van der Waals surface area contributed by atoms with Gasteiger partial charge in [0.25, 0.3) is 11.6 Å². The predicted molar refractivity (Wildman–Crippen MR) is 130 cm³/mol. The van der Waals surface area contributed by atoms with Crippen molar-refractivity contribution < 1.29 is 19.2 Å². The van der Waals surface area contributed by atoms with Crippen molar-refractivity contribution in [1.82, 2.24) is 14.7 Å². The van der Waals surface area contributed by atoms with Crippen LogP contribution >= 0.6 is 11.6 Å². The lowest BCUT2D eigenvalue weighted by atomic mass is 10.2. The lowest BCUT2D eigenvalue weighted by Gasteiger charge is -2.36. The van der Waals surface area contributed by atoms with Gasteiger partial charge >= 0.3 is 5.97 Å². The summed E-state index contributed by atoms with van der Waals surface area (Å²) in [5.41, 5.74) is 2.45. The van der Waals surface area contributed by atoms with Crippen molar-refractivity contribution in [2.45, 2.75) is 13.5 Å². The number of aromatic nitrogens is 2. The molecule has 2 aromatic carbocycles. The number of aryl methyl sites for hydroxylation is 1. The summed E-state index contributed by atoms with van der Waals surface area (Å²) in [6.07, 6.45) is 0. The number of nitro benzene ring substituents is 1. The van der Waals surface area contributed by atoms with Crippen molar-refractivity contribution in [3.63, 3.8) is 0 Å². The first-order valence-corrected chi connectivity index (χ1v) is 11.4. The Morgan fingerprint density at radius 1 is 1.06 bits per heavy atom. The molecule has 0 atom stereocenters. The molecule has 0 N–H and O–H groups in total. The van der Waals surface area contributed by atoms with Crippen LogP contribution in [0.3, 0.4) is 0 Å². The molecule has 1 amide bonds.